The van der Waals surface area contributed by atoms with Crippen molar-refractivity contribution in [2.45, 2.75) is 12.8 Å². The van der Waals surface area contributed by atoms with Crippen molar-refractivity contribution in [2.24, 2.45) is 5.92 Å². The summed E-state index contributed by atoms with van der Waals surface area (Å²) in [6.45, 7) is 0.959. The number of amides is 1. The summed E-state index contributed by atoms with van der Waals surface area (Å²) in [6, 6.07) is 0. The van der Waals surface area contributed by atoms with E-state index in [0.717, 1.165) is 17.9 Å². The Labute approximate surface area is 76.1 Å². The highest BCUT2D eigenvalue weighted by Gasteiger charge is 2.26. The Kier molecular flexibility index (Phi) is 3.59. The Morgan fingerprint density at radius 1 is 1.69 bits per heavy atom. The number of hydrogen-bond donors (Lipinski definition) is 1. The molecule has 0 aromatic carbocycles. The first-order chi connectivity index (χ1) is 6.11. The van der Waals surface area contributed by atoms with Gasteiger partial charge in [-0.2, -0.15) is 0 Å². The van der Waals surface area contributed by atoms with Gasteiger partial charge < -0.3 is 10.2 Å². The molecule has 13 heavy (non-hydrogen) atoms. The molecule has 3 nitrogen and oxygen atoms in total. The predicted molar refractivity (Wildman–Crippen MR) is 44.6 cm³/mol. The number of halogens is 2. The van der Waals surface area contributed by atoms with Crippen molar-refractivity contribution < 1.29 is 13.6 Å². The number of nitrogens with one attached hydrogen (secondary N) is 1. The molecule has 1 fully saturated rings. The maximum atomic E-state index is 11.9. The second-order valence-electron chi connectivity index (χ2n) is 3.30. The molecule has 0 radical (unpaired) electrons. The van der Waals surface area contributed by atoms with Crippen LogP contribution in [-0.4, -0.2) is 43.9 Å². The molecule has 0 bridgehead atoms. The normalized spacial score (nSPS) is 22.3. The number of nitrogens with zero attached hydrogens (tertiary/aromatic N) is 1. The van der Waals surface area contributed by atoms with E-state index in [4.69, 9.17) is 0 Å². The van der Waals surface area contributed by atoms with Crippen molar-refractivity contribution in [1.82, 2.24) is 10.2 Å². The van der Waals surface area contributed by atoms with Gasteiger partial charge in [-0.25, -0.2) is 8.78 Å². The topological polar surface area (TPSA) is 32.3 Å². The molecule has 1 aliphatic heterocycles. The van der Waals surface area contributed by atoms with Crippen LogP contribution in [0.1, 0.15) is 6.42 Å². The lowest BCUT2D eigenvalue weighted by Crippen LogP contribution is -2.36. The lowest BCUT2D eigenvalue weighted by atomic mass is 10.1. The highest BCUT2D eigenvalue weighted by molar-refractivity contribution is 5.79. The quantitative estimate of drug-likeness (QED) is 0.698. The first-order valence-electron chi connectivity index (χ1n) is 4.35. The van der Waals surface area contributed by atoms with Gasteiger partial charge in [0.05, 0.1) is 12.5 Å². The molecule has 1 heterocycles. The summed E-state index contributed by atoms with van der Waals surface area (Å²) in [5.41, 5.74) is 0. The average Bonchev–Trinajstić information content (AvgIpc) is 2.53. The van der Waals surface area contributed by atoms with Crippen LogP contribution in [0.5, 0.6) is 0 Å². The third-order valence-electron chi connectivity index (χ3n) is 2.20. The van der Waals surface area contributed by atoms with Gasteiger partial charge in [0.2, 0.25) is 5.91 Å². The largest absolute Gasteiger partial charge is 0.340 e. The minimum atomic E-state index is -2.44. The van der Waals surface area contributed by atoms with Crippen LogP contribution < -0.4 is 5.32 Å². The standard InChI is InChI=1S/C8H14F2N2O/c1-12(5-7(9)10)8(13)6-2-3-11-4-6/h6-7,11H,2-5H2,1H3. The zero-order valence-electron chi connectivity index (χ0n) is 7.59. The number of rotatable bonds is 3. The molecule has 0 aliphatic carbocycles. The van der Waals surface area contributed by atoms with E-state index in [9.17, 15) is 13.6 Å². The zero-order valence-corrected chi connectivity index (χ0v) is 7.59. The molecular weight excluding hydrogens is 178 g/mol. The minimum Gasteiger partial charge on any atom is -0.340 e. The highest BCUT2D eigenvalue weighted by Crippen LogP contribution is 2.11. The van der Waals surface area contributed by atoms with Gasteiger partial charge in [0.1, 0.15) is 0 Å². The van der Waals surface area contributed by atoms with Crippen LogP contribution in [-0.2, 0) is 4.79 Å². The van der Waals surface area contributed by atoms with Crippen LogP contribution in [0.15, 0.2) is 0 Å². The number of carbonyl (C=O) groups excluding carboxylic acids is 1. The molecule has 0 spiro atoms. The molecule has 1 amide bonds. The fourth-order valence-electron chi connectivity index (χ4n) is 1.47. The lowest BCUT2D eigenvalue weighted by Gasteiger charge is -2.19. The second-order valence-corrected chi connectivity index (χ2v) is 3.30. The van der Waals surface area contributed by atoms with Gasteiger partial charge in [0, 0.05) is 13.6 Å². The van der Waals surface area contributed by atoms with E-state index in [0.29, 0.717) is 6.54 Å². The molecule has 1 unspecified atom stereocenters. The fraction of sp³-hybridized carbons (Fsp3) is 0.875. The number of alkyl halides is 2. The Morgan fingerprint density at radius 3 is 2.85 bits per heavy atom. The van der Waals surface area contributed by atoms with E-state index in [-0.39, 0.29) is 11.8 Å². The van der Waals surface area contributed by atoms with Gasteiger partial charge in [-0.05, 0) is 13.0 Å². The van der Waals surface area contributed by atoms with Crippen molar-refractivity contribution in [3.05, 3.63) is 0 Å². The lowest BCUT2D eigenvalue weighted by molar-refractivity contribution is -0.135. The van der Waals surface area contributed by atoms with Gasteiger partial charge in [0.25, 0.3) is 6.43 Å². The third-order valence-corrected chi connectivity index (χ3v) is 2.20. The van der Waals surface area contributed by atoms with Crippen LogP contribution in [0.25, 0.3) is 0 Å². The van der Waals surface area contributed by atoms with E-state index in [1.165, 1.54) is 7.05 Å². The summed E-state index contributed by atoms with van der Waals surface area (Å²) < 4.78 is 23.8. The van der Waals surface area contributed by atoms with Crippen LogP contribution in [0.4, 0.5) is 8.78 Å². The predicted octanol–water partition coefficient (Wildman–Crippen LogP) is 0.319. The van der Waals surface area contributed by atoms with Gasteiger partial charge in [-0.3, -0.25) is 4.79 Å². The first kappa shape index (κ1) is 10.4. The van der Waals surface area contributed by atoms with Gasteiger partial charge >= 0.3 is 0 Å². The summed E-state index contributed by atoms with van der Waals surface area (Å²) in [7, 11) is 1.42. The van der Waals surface area contributed by atoms with Crippen molar-refractivity contribution in [2.75, 3.05) is 26.7 Å². The van der Waals surface area contributed by atoms with Crippen molar-refractivity contribution in [3.8, 4) is 0 Å². The number of hydrogen-bond acceptors (Lipinski definition) is 2. The van der Waals surface area contributed by atoms with E-state index >= 15 is 0 Å². The molecule has 1 aliphatic rings. The zero-order chi connectivity index (χ0) is 9.84. The summed E-state index contributed by atoms with van der Waals surface area (Å²) >= 11 is 0. The Bertz CT molecular complexity index is 181. The molecule has 1 atom stereocenters. The average molecular weight is 192 g/mol. The SMILES string of the molecule is CN(CC(F)F)C(=O)C1CCNC1. The van der Waals surface area contributed by atoms with Gasteiger partial charge in [-0.15, -0.1) is 0 Å². The Morgan fingerprint density at radius 2 is 2.38 bits per heavy atom. The summed E-state index contributed by atoms with van der Waals surface area (Å²) in [6.07, 6.45) is -1.69. The van der Waals surface area contributed by atoms with E-state index in [1.807, 2.05) is 0 Å². The van der Waals surface area contributed by atoms with Crippen molar-refractivity contribution in [3.63, 3.8) is 0 Å². The molecule has 0 aromatic rings. The Hall–Kier alpha value is -0.710. The minimum absolute atomic E-state index is 0.108. The van der Waals surface area contributed by atoms with Crippen LogP contribution in [0.2, 0.25) is 0 Å². The van der Waals surface area contributed by atoms with E-state index in [1.54, 1.807) is 0 Å². The molecular formula is C8H14F2N2O. The third kappa shape index (κ3) is 2.91. The van der Waals surface area contributed by atoms with Gasteiger partial charge in [-0.1, -0.05) is 0 Å². The summed E-state index contributed by atoms with van der Waals surface area (Å²) in [4.78, 5) is 12.5. The van der Waals surface area contributed by atoms with E-state index < -0.39 is 13.0 Å². The van der Waals surface area contributed by atoms with Gasteiger partial charge in [0.15, 0.2) is 0 Å². The highest BCUT2D eigenvalue weighted by atomic mass is 19.3. The molecule has 1 N–H and O–H groups in total. The first-order valence-corrected chi connectivity index (χ1v) is 4.35. The van der Waals surface area contributed by atoms with Crippen LogP contribution in [0, 0.1) is 5.92 Å². The van der Waals surface area contributed by atoms with Crippen molar-refractivity contribution in [1.29, 1.82) is 0 Å². The molecule has 1 rings (SSSR count). The molecule has 76 valence electrons. The molecule has 5 heteroatoms. The maximum Gasteiger partial charge on any atom is 0.255 e. The molecule has 0 saturated carbocycles. The second kappa shape index (κ2) is 4.50. The summed E-state index contributed by atoms with van der Waals surface area (Å²) in [5, 5.41) is 3.03. The molecule has 0 aromatic heterocycles. The van der Waals surface area contributed by atoms with Crippen molar-refractivity contribution >= 4 is 5.91 Å². The molecule has 1 saturated heterocycles. The maximum absolute atomic E-state index is 11.9. The van der Waals surface area contributed by atoms with Crippen LogP contribution >= 0.6 is 0 Å². The smallest absolute Gasteiger partial charge is 0.255 e. The number of carbonyl (C=O) groups is 1. The Balaban J connectivity index is 2.36. The fourth-order valence-corrected chi connectivity index (χ4v) is 1.47. The monoisotopic (exact) mass is 192 g/mol. The van der Waals surface area contributed by atoms with Crippen LogP contribution in [0.3, 0.4) is 0 Å². The summed E-state index contributed by atoms with van der Waals surface area (Å²) in [5.74, 6) is -0.283. The van der Waals surface area contributed by atoms with E-state index in [2.05, 4.69) is 5.32 Å².